The van der Waals surface area contributed by atoms with Gasteiger partial charge in [-0.15, -0.1) is 0 Å². The second-order valence-electron chi connectivity index (χ2n) is 2.20. The number of carboxylic acid groups (broad SMARTS) is 1. The quantitative estimate of drug-likeness (QED) is 0.712. The van der Waals surface area contributed by atoms with Crippen LogP contribution in [0.15, 0.2) is 24.2 Å². The fourth-order valence-electron chi connectivity index (χ4n) is 0.664. The van der Waals surface area contributed by atoms with Crippen molar-refractivity contribution in [2.45, 2.75) is 0 Å². The van der Waals surface area contributed by atoms with E-state index in [1.54, 1.807) is 0 Å². The second kappa shape index (κ2) is 3.75. The van der Waals surface area contributed by atoms with E-state index in [1.807, 2.05) is 0 Å². The Balaban J connectivity index is 2.92. The summed E-state index contributed by atoms with van der Waals surface area (Å²) in [5.74, 6) is -3.57. The zero-order chi connectivity index (χ0) is 9.84. The van der Waals surface area contributed by atoms with Crippen molar-refractivity contribution < 1.29 is 18.7 Å². The zero-order valence-electron chi connectivity index (χ0n) is 6.37. The van der Waals surface area contributed by atoms with E-state index in [0.717, 1.165) is 12.3 Å². The first kappa shape index (κ1) is 9.31. The summed E-state index contributed by atoms with van der Waals surface area (Å²) in [5.41, 5.74) is 0.0568. The number of nitrogens with zero attached hydrogens (tertiary/aromatic N) is 1. The number of rotatable bonds is 2. The lowest BCUT2D eigenvalue weighted by molar-refractivity contribution is -0.134. The molecule has 1 N–H and O–H groups in total. The summed E-state index contributed by atoms with van der Waals surface area (Å²) < 4.78 is 24.7. The second-order valence-corrected chi connectivity index (χ2v) is 2.20. The Morgan fingerprint density at radius 2 is 2.23 bits per heavy atom. The number of hydrogen-bond donors (Lipinski definition) is 1. The smallest absolute Gasteiger partial charge is 0.364 e. The number of pyridine rings is 1. The minimum absolute atomic E-state index is 0.0568. The van der Waals surface area contributed by atoms with Crippen LogP contribution in [0.5, 0.6) is 0 Å². The predicted octanol–water partition coefficient (Wildman–Crippen LogP) is 1.62. The Hall–Kier alpha value is -1.78. The van der Waals surface area contributed by atoms with Gasteiger partial charge in [0.1, 0.15) is 5.82 Å². The van der Waals surface area contributed by atoms with Gasteiger partial charge in [-0.05, 0) is 12.1 Å². The van der Waals surface area contributed by atoms with E-state index in [9.17, 15) is 13.6 Å². The van der Waals surface area contributed by atoms with E-state index >= 15 is 0 Å². The van der Waals surface area contributed by atoms with Crippen molar-refractivity contribution in [3.8, 4) is 0 Å². The topological polar surface area (TPSA) is 50.2 Å². The van der Waals surface area contributed by atoms with Gasteiger partial charge in [-0.1, -0.05) is 0 Å². The molecule has 0 aliphatic carbocycles. The molecule has 0 spiro atoms. The van der Waals surface area contributed by atoms with Gasteiger partial charge in [-0.2, -0.15) is 4.39 Å². The van der Waals surface area contributed by atoms with E-state index in [-0.39, 0.29) is 5.69 Å². The molecule has 0 saturated heterocycles. The van der Waals surface area contributed by atoms with Crippen LogP contribution in [0, 0.1) is 5.82 Å². The van der Waals surface area contributed by atoms with Gasteiger partial charge in [0.2, 0.25) is 5.83 Å². The van der Waals surface area contributed by atoms with Crippen molar-refractivity contribution in [1.82, 2.24) is 4.98 Å². The molecule has 0 bridgehead atoms. The van der Waals surface area contributed by atoms with Crippen molar-refractivity contribution in [2.24, 2.45) is 0 Å². The molecule has 0 saturated carbocycles. The lowest BCUT2D eigenvalue weighted by atomic mass is 10.3. The van der Waals surface area contributed by atoms with E-state index in [4.69, 9.17) is 5.11 Å². The van der Waals surface area contributed by atoms with Crippen molar-refractivity contribution in [1.29, 1.82) is 0 Å². The third kappa shape index (κ3) is 2.62. The SMILES string of the molecule is O=C(O)/C(F)=C/c1ccc(F)cn1. The van der Waals surface area contributed by atoms with Gasteiger partial charge >= 0.3 is 5.97 Å². The molecular formula is C8H5F2NO2. The first-order chi connectivity index (χ1) is 6.09. The van der Waals surface area contributed by atoms with Gasteiger partial charge in [0.15, 0.2) is 0 Å². The van der Waals surface area contributed by atoms with Crippen molar-refractivity contribution >= 4 is 12.0 Å². The molecule has 0 radical (unpaired) electrons. The molecule has 0 aliphatic rings. The summed E-state index contributed by atoms with van der Waals surface area (Å²) in [5, 5.41) is 8.15. The molecular weight excluding hydrogens is 180 g/mol. The predicted molar refractivity (Wildman–Crippen MR) is 40.9 cm³/mol. The van der Waals surface area contributed by atoms with Crippen LogP contribution in [0.1, 0.15) is 5.69 Å². The fourth-order valence-corrected chi connectivity index (χ4v) is 0.664. The highest BCUT2D eigenvalue weighted by molar-refractivity contribution is 5.89. The average Bonchev–Trinajstić information content (AvgIpc) is 2.08. The Labute approximate surface area is 72.3 Å². The van der Waals surface area contributed by atoms with E-state index in [1.165, 1.54) is 6.07 Å². The standard InChI is InChI=1S/C8H5F2NO2/c9-5-1-2-6(11-4-5)3-7(10)8(12)13/h1-4H,(H,12,13)/b7-3-. The number of aliphatic carboxylic acids is 1. The van der Waals surface area contributed by atoms with Crippen LogP contribution in [0.2, 0.25) is 0 Å². The largest absolute Gasteiger partial charge is 0.476 e. The summed E-state index contributed by atoms with van der Waals surface area (Å²) in [6, 6.07) is 2.24. The lowest BCUT2D eigenvalue weighted by Crippen LogP contribution is -1.94. The number of carboxylic acids is 1. The van der Waals surface area contributed by atoms with Gasteiger partial charge in [0.25, 0.3) is 0 Å². The van der Waals surface area contributed by atoms with Gasteiger partial charge in [0.05, 0.1) is 11.9 Å². The first-order valence-corrected chi connectivity index (χ1v) is 3.31. The Kier molecular flexibility index (Phi) is 2.69. The van der Waals surface area contributed by atoms with Gasteiger partial charge < -0.3 is 5.11 Å². The van der Waals surface area contributed by atoms with Crippen LogP contribution in [-0.4, -0.2) is 16.1 Å². The van der Waals surface area contributed by atoms with Crippen LogP contribution in [0.3, 0.4) is 0 Å². The molecule has 3 nitrogen and oxygen atoms in total. The highest BCUT2D eigenvalue weighted by Gasteiger charge is 2.05. The molecule has 0 fully saturated rings. The summed E-state index contributed by atoms with van der Waals surface area (Å²) in [6.07, 6.45) is 1.59. The van der Waals surface area contributed by atoms with E-state index in [0.29, 0.717) is 6.08 Å². The summed E-state index contributed by atoms with van der Waals surface area (Å²) in [4.78, 5) is 13.5. The molecule has 68 valence electrons. The summed E-state index contributed by atoms with van der Waals surface area (Å²) in [7, 11) is 0. The molecule has 0 amide bonds. The Morgan fingerprint density at radius 3 is 2.69 bits per heavy atom. The monoisotopic (exact) mass is 185 g/mol. The van der Waals surface area contributed by atoms with Crippen LogP contribution >= 0.6 is 0 Å². The average molecular weight is 185 g/mol. The minimum atomic E-state index is -1.67. The van der Waals surface area contributed by atoms with E-state index in [2.05, 4.69) is 4.98 Å². The molecule has 1 rings (SSSR count). The van der Waals surface area contributed by atoms with Crippen molar-refractivity contribution in [2.75, 3.05) is 0 Å². The minimum Gasteiger partial charge on any atom is -0.476 e. The molecule has 0 atom stereocenters. The lowest BCUT2D eigenvalue weighted by Gasteiger charge is -1.91. The van der Waals surface area contributed by atoms with E-state index < -0.39 is 17.6 Å². The molecule has 0 aliphatic heterocycles. The normalized spacial score (nSPS) is 11.4. The third-order valence-corrected chi connectivity index (χ3v) is 1.23. The number of carbonyl (C=O) groups is 1. The third-order valence-electron chi connectivity index (χ3n) is 1.23. The van der Waals surface area contributed by atoms with Gasteiger partial charge in [-0.25, -0.2) is 9.18 Å². The first-order valence-electron chi connectivity index (χ1n) is 3.31. The van der Waals surface area contributed by atoms with Gasteiger partial charge in [-0.3, -0.25) is 4.98 Å². The molecule has 1 heterocycles. The highest BCUT2D eigenvalue weighted by Crippen LogP contribution is 2.05. The maximum Gasteiger partial charge on any atom is 0.364 e. The number of aromatic nitrogens is 1. The van der Waals surface area contributed by atoms with Crippen LogP contribution in [0.25, 0.3) is 6.08 Å². The molecule has 0 aromatic carbocycles. The van der Waals surface area contributed by atoms with Crippen LogP contribution in [0.4, 0.5) is 8.78 Å². The van der Waals surface area contributed by atoms with Crippen LogP contribution in [-0.2, 0) is 4.79 Å². The number of hydrogen-bond acceptors (Lipinski definition) is 2. The van der Waals surface area contributed by atoms with Crippen LogP contribution < -0.4 is 0 Å². The zero-order valence-corrected chi connectivity index (χ0v) is 6.37. The number of halogens is 2. The molecule has 0 unspecified atom stereocenters. The molecule has 1 aromatic rings. The fraction of sp³-hybridized carbons (Fsp3) is 0. The van der Waals surface area contributed by atoms with Gasteiger partial charge in [0, 0.05) is 6.08 Å². The maximum atomic E-state index is 12.4. The summed E-state index contributed by atoms with van der Waals surface area (Å²) in [6.45, 7) is 0. The molecule has 13 heavy (non-hydrogen) atoms. The highest BCUT2D eigenvalue weighted by atomic mass is 19.1. The maximum absolute atomic E-state index is 12.4. The molecule has 5 heteroatoms. The van der Waals surface area contributed by atoms with Crippen molar-refractivity contribution in [3.05, 3.63) is 35.7 Å². The Morgan fingerprint density at radius 1 is 1.54 bits per heavy atom. The Bertz CT molecular complexity index is 346. The van der Waals surface area contributed by atoms with Crippen molar-refractivity contribution in [3.63, 3.8) is 0 Å². The summed E-state index contributed by atoms with van der Waals surface area (Å²) >= 11 is 0. The molecule has 1 aromatic heterocycles.